The van der Waals surface area contributed by atoms with E-state index >= 15 is 0 Å². The molecule has 6 nitrogen and oxygen atoms in total. The van der Waals surface area contributed by atoms with Gasteiger partial charge in [-0.25, -0.2) is 0 Å². The molecule has 0 aliphatic heterocycles. The number of carbonyl (C=O) groups is 1. The van der Waals surface area contributed by atoms with Crippen molar-refractivity contribution in [3.63, 3.8) is 0 Å². The lowest BCUT2D eigenvalue weighted by Gasteiger charge is -2.09. The highest BCUT2D eigenvalue weighted by molar-refractivity contribution is 5.77. The SMILES string of the molecule is CC(C)C(=O)NCCNc1ccc(-n2cccc2)nn1. The Balaban J connectivity index is 1.78. The van der Waals surface area contributed by atoms with Gasteiger partial charge in [0, 0.05) is 31.4 Å². The smallest absolute Gasteiger partial charge is 0.222 e. The summed E-state index contributed by atoms with van der Waals surface area (Å²) in [5.41, 5.74) is 0. The van der Waals surface area contributed by atoms with E-state index in [0.717, 1.165) is 5.82 Å². The Labute approximate surface area is 118 Å². The van der Waals surface area contributed by atoms with E-state index in [4.69, 9.17) is 0 Å². The molecule has 0 aromatic carbocycles. The minimum absolute atomic E-state index is 0.00986. The van der Waals surface area contributed by atoms with Gasteiger partial charge in [0.2, 0.25) is 5.91 Å². The number of carbonyl (C=O) groups excluding carboxylic acids is 1. The van der Waals surface area contributed by atoms with Crippen LogP contribution in [0.4, 0.5) is 5.82 Å². The molecule has 0 saturated heterocycles. The van der Waals surface area contributed by atoms with E-state index in [9.17, 15) is 4.79 Å². The van der Waals surface area contributed by atoms with Gasteiger partial charge in [0.25, 0.3) is 0 Å². The molecular weight excluding hydrogens is 254 g/mol. The summed E-state index contributed by atoms with van der Waals surface area (Å²) >= 11 is 0. The quantitative estimate of drug-likeness (QED) is 0.781. The second kappa shape index (κ2) is 6.70. The normalized spacial score (nSPS) is 10.6. The molecule has 0 fully saturated rings. The average Bonchev–Trinajstić information content (AvgIpc) is 2.98. The van der Waals surface area contributed by atoms with Gasteiger partial charge in [0.05, 0.1) is 0 Å². The summed E-state index contributed by atoms with van der Waals surface area (Å²) in [5, 5.41) is 14.2. The van der Waals surface area contributed by atoms with Crippen LogP contribution in [0.1, 0.15) is 13.8 Å². The monoisotopic (exact) mass is 273 g/mol. The number of rotatable bonds is 6. The second-order valence-electron chi connectivity index (χ2n) is 4.74. The number of amides is 1. The summed E-state index contributed by atoms with van der Waals surface area (Å²) in [6.07, 6.45) is 3.83. The van der Waals surface area contributed by atoms with Crippen molar-refractivity contribution in [2.75, 3.05) is 18.4 Å². The van der Waals surface area contributed by atoms with Crippen LogP contribution >= 0.6 is 0 Å². The van der Waals surface area contributed by atoms with Gasteiger partial charge in [0.1, 0.15) is 5.82 Å². The van der Waals surface area contributed by atoms with Gasteiger partial charge < -0.3 is 15.2 Å². The topological polar surface area (TPSA) is 71.8 Å². The maximum atomic E-state index is 11.4. The summed E-state index contributed by atoms with van der Waals surface area (Å²) in [5.74, 6) is 1.53. The summed E-state index contributed by atoms with van der Waals surface area (Å²) in [4.78, 5) is 11.4. The second-order valence-corrected chi connectivity index (χ2v) is 4.74. The molecule has 0 radical (unpaired) electrons. The van der Waals surface area contributed by atoms with Crippen molar-refractivity contribution in [3.8, 4) is 5.82 Å². The third-order valence-corrected chi connectivity index (χ3v) is 2.77. The number of nitrogens with one attached hydrogen (secondary N) is 2. The summed E-state index contributed by atoms with van der Waals surface area (Å²) in [6, 6.07) is 7.63. The van der Waals surface area contributed by atoms with Crippen molar-refractivity contribution in [2.45, 2.75) is 13.8 Å². The minimum atomic E-state index is 0.00986. The molecule has 2 aromatic rings. The van der Waals surface area contributed by atoms with Crippen LogP contribution in [0.3, 0.4) is 0 Å². The van der Waals surface area contributed by atoms with Crippen LogP contribution in [0.25, 0.3) is 5.82 Å². The average molecular weight is 273 g/mol. The molecule has 2 heterocycles. The lowest BCUT2D eigenvalue weighted by molar-refractivity contribution is -0.123. The number of nitrogens with zero attached hydrogens (tertiary/aromatic N) is 3. The standard InChI is InChI=1S/C14H19N5O/c1-11(2)14(20)16-8-7-15-12-5-6-13(18-17-12)19-9-3-4-10-19/h3-6,9-11H,7-8H2,1-2H3,(H,15,17)(H,16,20). The van der Waals surface area contributed by atoms with Crippen LogP contribution in [0.15, 0.2) is 36.7 Å². The van der Waals surface area contributed by atoms with Gasteiger partial charge in [-0.15, -0.1) is 10.2 Å². The first kappa shape index (κ1) is 14.0. The maximum absolute atomic E-state index is 11.4. The first-order valence-electron chi connectivity index (χ1n) is 6.65. The van der Waals surface area contributed by atoms with E-state index in [0.29, 0.717) is 18.9 Å². The molecule has 0 saturated carbocycles. The van der Waals surface area contributed by atoms with Gasteiger partial charge >= 0.3 is 0 Å². The fourth-order valence-corrected chi connectivity index (χ4v) is 1.62. The van der Waals surface area contributed by atoms with Crippen LogP contribution in [0.2, 0.25) is 0 Å². The number of hydrogen-bond donors (Lipinski definition) is 2. The van der Waals surface area contributed by atoms with Crippen LogP contribution < -0.4 is 10.6 Å². The predicted octanol–water partition coefficient (Wildman–Crippen LogP) is 1.45. The Morgan fingerprint density at radius 2 is 1.95 bits per heavy atom. The van der Waals surface area contributed by atoms with Crippen LogP contribution in [-0.4, -0.2) is 33.8 Å². The van der Waals surface area contributed by atoms with E-state index in [-0.39, 0.29) is 11.8 Å². The molecule has 0 aliphatic rings. The highest BCUT2D eigenvalue weighted by Gasteiger charge is 2.05. The molecule has 106 valence electrons. The van der Waals surface area contributed by atoms with E-state index in [1.807, 2.05) is 55.1 Å². The van der Waals surface area contributed by atoms with Crippen molar-refractivity contribution in [3.05, 3.63) is 36.7 Å². The van der Waals surface area contributed by atoms with Crippen molar-refractivity contribution in [2.24, 2.45) is 5.92 Å². The zero-order valence-electron chi connectivity index (χ0n) is 11.7. The summed E-state index contributed by atoms with van der Waals surface area (Å²) in [6.45, 7) is 4.93. The molecule has 2 N–H and O–H groups in total. The predicted molar refractivity (Wildman–Crippen MR) is 77.7 cm³/mol. The van der Waals surface area contributed by atoms with E-state index in [1.54, 1.807) is 0 Å². The fraction of sp³-hybridized carbons (Fsp3) is 0.357. The molecule has 6 heteroatoms. The van der Waals surface area contributed by atoms with Gasteiger partial charge in [-0.1, -0.05) is 13.8 Å². The highest BCUT2D eigenvalue weighted by Crippen LogP contribution is 2.06. The zero-order valence-corrected chi connectivity index (χ0v) is 11.7. The Hall–Kier alpha value is -2.37. The van der Waals surface area contributed by atoms with E-state index < -0.39 is 0 Å². The van der Waals surface area contributed by atoms with Crippen molar-refractivity contribution >= 4 is 11.7 Å². The number of anilines is 1. The molecule has 0 bridgehead atoms. The molecule has 0 aliphatic carbocycles. The molecule has 1 amide bonds. The Bertz CT molecular complexity index is 533. The van der Waals surface area contributed by atoms with Crippen molar-refractivity contribution in [1.29, 1.82) is 0 Å². The third-order valence-electron chi connectivity index (χ3n) is 2.77. The molecule has 0 spiro atoms. The van der Waals surface area contributed by atoms with Gasteiger partial charge in [-0.3, -0.25) is 4.79 Å². The highest BCUT2D eigenvalue weighted by atomic mass is 16.1. The van der Waals surface area contributed by atoms with Crippen LogP contribution in [0, 0.1) is 5.92 Å². The van der Waals surface area contributed by atoms with Gasteiger partial charge in [-0.2, -0.15) is 0 Å². The Morgan fingerprint density at radius 3 is 2.55 bits per heavy atom. The summed E-state index contributed by atoms with van der Waals surface area (Å²) < 4.78 is 1.89. The van der Waals surface area contributed by atoms with Crippen molar-refractivity contribution in [1.82, 2.24) is 20.1 Å². The zero-order chi connectivity index (χ0) is 14.4. The molecule has 20 heavy (non-hydrogen) atoms. The molecular formula is C14H19N5O. The fourth-order valence-electron chi connectivity index (χ4n) is 1.62. The van der Waals surface area contributed by atoms with Gasteiger partial charge in [0.15, 0.2) is 5.82 Å². The molecule has 0 atom stereocenters. The Kier molecular flexibility index (Phi) is 4.70. The number of hydrogen-bond acceptors (Lipinski definition) is 4. The lowest BCUT2D eigenvalue weighted by Crippen LogP contribution is -2.32. The maximum Gasteiger partial charge on any atom is 0.222 e. The summed E-state index contributed by atoms with van der Waals surface area (Å²) in [7, 11) is 0. The van der Waals surface area contributed by atoms with Crippen molar-refractivity contribution < 1.29 is 4.79 Å². The third kappa shape index (κ3) is 3.81. The Morgan fingerprint density at radius 1 is 1.20 bits per heavy atom. The van der Waals surface area contributed by atoms with Gasteiger partial charge in [-0.05, 0) is 24.3 Å². The van der Waals surface area contributed by atoms with E-state index in [2.05, 4.69) is 20.8 Å². The lowest BCUT2D eigenvalue weighted by atomic mass is 10.2. The molecule has 0 unspecified atom stereocenters. The molecule has 2 rings (SSSR count). The first-order chi connectivity index (χ1) is 9.66. The largest absolute Gasteiger partial charge is 0.367 e. The van der Waals surface area contributed by atoms with E-state index in [1.165, 1.54) is 0 Å². The number of aromatic nitrogens is 3. The van der Waals surface area contributed by atoms with Crippen LogP contribution in [0.5, 0.6) is 0 Å². The molecule has 2 aromatic heterocycles. The van der Waals surface area contributed by atoms with Crippen LogP contribution in [-0.2, 0) is 4.79 Å². The minimum Gasteiger partial charge on any atom is -0.367 e. The first-order valence-corrected chi connectivity index (χ1v) is 6.65.